The lowest BCUT2D eigenvalue weighted by Crippen LogP contribution is -2.35. The third kappa shape index (κ3) is 4.23. The van der Waals surface area contributed by atoms with Gasteiger partial charge in [-0.05, 0) is 56.7 Å². The maximum atomic E-state index is 13.8. The van der Waals surface area contributed by atoms with Crippen molar-refractivity contribution >= 4 is 27.5 Å². The molecule has 0 saturated heterocycles. The average Bonchev–Trinajstić information content (AvgIpc) is 3.20. The highest BCUT2D eigenvalue weighted by atomic mass is 32.1. The summed E-state index contributed by atoms with van der Waals surface area (Å²) in [7, 11) is 0. The van der Waals surface area contributed by atoms with Gasteiger partial charge in [-0.2, -0.15) is 0 Å². The van der Waals surface area contributed by atoms with Crippen LogP contribution in [0.25, 0.3) is 21.6 Å². The van der Waals surface area contributed by atoms with Gasteiger partial charge in [0, 0.05) is 10.4 Å². The molecule has 6 heteroatoms. The number of thiophene rings is 1. The standard InChI is InChI=1S/C27H27N3O2S/c1-17-9-8-12-20(15-17)25-29-26-24(21-13-6-7-14-22(21)33-26)27(32)30(25)16-23(31)28-18(2)19-10-4-3-5-11-19/h3-5,8-12,15,18H,6-7,13-14,16H2,1-2H3,(H,28,31). The van der Waals surface area contributed by atoms with Crippen LogP contribution in [0.3, 0.4) is 0 Å². The first-order valence-electron chi connectivity index (χ1n) is 11.5. The topological polar surface area (TPSA) is 64.0 Å². The Morgan fingerprint density at radius 1 is 1.12 bits per heavy atom. The van der Waals surface area contributed by atoms with Crippen LogP contribution in [0, 0.1) is 6.92 Å². The van der Waals surface area contributed by atoms with Crippen molar-refractivity contribution in [3.8, 4) is 11.4 Å². The number of hydrogen-bond donors (Lipinski definition) is 1. The predicted octanol–water partition coefficient (Wildman–Crippen LogP) is 5.19. The molecule has 2 heterocycles. The fourth-order valence-electron chi connectivity index (χ4n) is 4.65. The second kappa shape index (κ2) is 8.94. The molecule has 33 heavy (non-hydrogen) atoms. The summed E-state index contributed by atoms with van der Waals surface area (Å²) in [5.74, 6) is 0.352. The fraction of sp³-hybridized carbons (Fsp3) is 0.296. The Morgan fingerprint density at radius 2 is 1.91 bits per heavy atom. The number of amides is 1. The van der Waals surface area contributed by atoms with E-state index in [1.54, 1.807) is 15.9 Å². The van der Waals surface area contributed by atoms with Gasteiger partial charge in [-0.25, -0.2) is 4.98 Å². The van der Waals surface area contributed by atoms with Crippen molar-refractivity contribution in [3.63, 3.8) is 0 Å². The van der Waals surface area contributed by atoms with Gasteiger partial charge in [0.1, 0.15) is 17.2 Å². The molecule has 4 aromatic rings. The Kier molecular flexibility index (Phi) is 5.85. The average molecular weight is 458 g/mol. The van der Waals surface area contributed by atoms with Gasteiger partial charge in [0.05, 0.1) is 11.4 Å². The van der Waals surface area contributed by atoms with Crippen LogP contribution in [-0.4, -0.2) is 15.5 Å². The van der Waals surface area contributed by atoms with E-state index in [1.807, 2.05) is 68.4 Å². The maximum absolute atomic E-state index is 13.8. The first-order valence-corrected chi connectivity index (χ1v) is 12.3. The van der Waals surface area contributed by atoms with Crippen LogP contribution < -0.4 is 10.9 Å². The number of hydrogen-bond acceptors (Lipinski definition) is 4. The summed E-state index contributed by atoms with van der Waals surface area (Å²) in [5, 5.41) is 3.75. The fourth-order valence-corrected chi connectivity index (χ4v) is 5.90. The second-order valence-electron chi connectivity index (χ2n) is 8.79. The van der Waals surface area contributed by atoms with E-state index < -0.39 is 0 Å². The molecule has 1 amide bonds. The molecule has 2 aromatic heterocycles. The Morgan fingerprint density at radius 3 is 2.70 bits per heavy atom. The Bertz CT molecular complexity index is 1390. The molecule has 5 nitrogen and oxygen atoms in total. The van der Waals surface area contributed by atoms with E-state index >= 15 is 0 Å². The number of carbonyl (C=O) groups excluding carboxylic acids is 1. The normalized spacial score (nSPS) is 14.1. The van der Waals surface area contributed by atoms with E-state index in [0.717, 1.165) is 52.8 Å². The smallest absolute Gasteiger partial charge is 0.263 e. The van der Waals surface area contributed by atoms with Crippen molar-refractivity contribution in [2.75, 3.05) is 0 Å². The van der Waals surface area contributed by atoms with Crippen LogP contribution in [0.4, 0.5) is 0 Å². The van der Waals surface area contributed by atoms with Gasteiger partial charge in [0.15, 0.2) is 0 Å². The SMILES string of the molecule is Cc1cccc(-c2nc3sc4c(c3c(=O)n2CC(=O)NC(C)c2ccccc2)CCCC4)c1. The van der Waals surface area contributed by atoms with Gasteiger partial charge >= 0.3 is 0 Å². The summed E-state index contributed by atoms with van der Waals surface area (Å²) in [5.41, 5.74) is 3.99. The molecule has 1 aliphatic rings. The van der Waals surface area contributed by atoms with Gasteiger partial charge < -0.3 is 5.32 Å². The molecule has 0 spiro atoms. The molecular formula is C27H27N3O2S. The van der Waals surface area contributed by atoms with Gasteiger partial charge in [0.25, 0.3) is 5.56 Å². The molecule has 1 aliphatic carbocycles. The highest BCUT2D eigenvalue weighted by Gasteiger charge is 2.24. The second-order valence-corrected chi connectivity index (χ2v) is 9.87. The van der Waals surface area contributed by atoms with Crippen molar-refractivity contribution in [1.82, 2.24) is 14.9 Å². The zero-order chi connectivity index (χ0) is 22.9. The number of benzene rings is 2. The van der Waals surface area contributed by atoms with Crippen LogP contribution in [0.5, 0.6) is 0 Å². The van der Waals surface area contributed by atoms with Crippen molar-refractivity contribution in [2.45, 2.75) is 52.1 Å². The molecule has 5 rings (SSSR count). The van der Waals surface area contributed by atoms with Crippen LogP contribution in [0.15, 0.2) is 59.4 Å². The van der Waals surface area contributed by atoms with Gasteiger partial charge in [-0.3, -0.25) is 14.2 Å². The van der Waals surface area contributed by atoms with E-state index in [-0.39, 0.29) is 24.1 Å². The minimum atomic E-state index is -0.201. The molecule has 0 saturated carbocycles. The summed E-state index contributed by atoms with van der Waals surface area (Å²) in [6.45, 7) is 3.91. The monoisotopic (exact) mass is 457 g/mol. The quantitative estimate of drug-likeness (QED) is 0.449. The molecule has 0 radical (unpaired) electrons. The lowest BCUT2D eigenvalue weighted by Gasteiger charge is -2.17. The van der Waals surface area contributed by atoms with E-state index in [2.05, 4.69) is 5.32 Å². The molecule has 168 valence electrons. The summed E-state index contributed by atoms with van der Waals surface area (Å²) >= 11 is 1.64. The van der Waals surface area contributed by atoms with Crippen LogP contribution in [0.1, 0.15) is 47.4 Å². The van der Waals surface area contributed by atoms with Crippen LogP contribution in [-0.2, 0) is 24.2 Å². The highest BCUT2D eigenvalue weighted by molar-refractivity contribution is 7.18. The molecule has 0 bridgehead atoms. The van der Waals surface area contributed by atoms with Gasteiger partial charge in [-0.15, -0.1) is 11.3 Å². The summed E-state index contributed by atoms with van der Waals surface area (Å²) in [4.78, 5) is 33.9. The number of aryl methyl sites for hydroxylation is 3. The summed E-state index contributed by atoms with van der Waals surface area (Å²) in [6.07, 6.45) is 4.16. The van der Waals surface area contributed by atoms with Gasteiger partial charge in [0.2, 0.25) is 5.91 Å². The number of rotatable bonds is 5. The molecule has 0 fully saturated rings. The Labute approximate surface area is 197 Å². The van der Waals surface area contributed by atoms with Crippen LogP contribution >= 0.6 is 11.3 Å². The van der Waals surface area contributed by atoms with Gasteiger partial charge in [-0.1, -0.05) is 54.1 Å². The summed E-state index contributed by atoms with van der Waals surface area (Å²) < 4.78 is 1.56. The highest BCUT2D eigenvalue weighted by Crippen LogP contribution is 2.35. The van der Waals surface area contributed by atoms with Crippen molar-refractivity contribution in [1.29, 1.82) is 0 Å². The van der Waals surface area contributed by atoms with Crippen LogP contribution in [0.2, 0.25) is 0 Å². The largest absolute Gasteiger partial charge is 0.348 e. The number of nitrogens with zero attached hydrogens (tertiary/aromatic N) is 2. The Balaban J connectivity index is 1.58. The molecule has 0 aliphatic heterocycles. The number of aromatic nitrogens is 2. The van der Waals surface area contributed by atoms with Crippen molar-refractivity contribution in [2.24, 2.45) is 0 Å². The van der Waals surface area contributed by atoms with E-state index in [1.165, 1.54) is 4.88 Å². The minimum Gasteiger partial charge on any atom is -0.348 e. The molecule has 1 N–H and O–H groups in total. The Hall–Kier alpha value is -3.25. The molecule has 1 atom stereocenters. The lowest BCUT2D eigenvalue weighted by atomic mass is 9.97. The summed E-state index contributed by atoms with van der Waals surface area (Å²) in [6, 6.07) is 17.6. The van der Waals surface area contributed by atoms with E-state index in [9.17, 15) is 9.59 Å². The van der Waals surface area contributed by atoms with Crippen molar-refractivity contribution < 1.29 is 4.79 Å². The third-order valence-corrected chi connectivity index (χ3v) is 7.52. The zero-order valence-electron chi connectivity index (χ0n) is 18.9. The first-order chi connectivity index (χ1) is 16.0. The van der Waals surface area contributed by atoms with Crippen molar-refractivity contribution in [3.05, 3.63) is 86.5 Å². The lowest BCUT2D eigenvalue weighted by molar-refractivity contribution is -0.122. The van der Waals surface area contributed by atoms with E-state index in [0.29, 0.717) is 11.2 Å². The molecule has 2 aromatic carbocycles. The molecule has 1 unspecified atom stereocenters. The zero-order valence-corrected chi connectivity index (χ0v) is 19.7. The number of nitrogens with one attached hydrogen (secondary N) is 1. The van der Waals surface area contributed by atoms with E-state index in [4.69, 9.17) is 4.98 Å². The molecular weight excluding hydrogens is 430 g/mol. The number of fused-ring (bicyclic) bond motifs is 3. The number of carbonyl (C=O) groups is 1. The third-order valence-electron chi connectivity index (χ3n) is 6.33. The first kappa shape index (κ1) is 21.6. The maximum Gasteiger partial charge on any atom is 0.263 e. The predicted molar refractivity (Wildman–Crippen MR) is 134 cm³/mol. The minimum absolute atomic E-state index is 0.0627.